The van der Waals surface area contributed by atoms with E-state index in [1.165, 1.54) is 12.8 Å². The molecule has 0 atom stereocenters. The first kappa shape index (κ1) is 15.5. The Labute approximate surface area is 120 Å². The van der Waals surface area contributed by atoms with Crippen LogP contribution in [-0.4, -0.2) is 30.2 Å². The SMILES string of the molecule is CCCC(C)(C)NS(=O)(=O)c1[nH]ncc1CNC1CC1. The summed E-state index contributed by atoms with van der Waals surface area (Å²) in [5.74, 6) is 0. The Morgan fingerprint density at radius 3 is 2.75 bits per heavy atom. The Hall–Kier alpha value is -0.920. The Morgan fingerprint density at radius 2 is 2.15 bits per heavy atom. The van der Waals surface area contributed by atoms with Gasteiger partial charge in [-0.2, -0.15) is 5.10 Å². The number of H-pyrrole nitrogens is 1. The third-order valence-electron chi connectivity index (χ3n) is 3.39. The summed E-state index contributed by atoms with van der Waals surface area (Å²) < 4.78 is 27.7. The molecule has 0 saturated heterocycles. The van der Waals surface area contributed by atoms with Gasteiger partial charge in [-0.1, -0.05) is 13.3 Å². The van der Waals surface area contributed by atoms with Gasteiger partial charge in [0, 0.05) is 23.7 Å². The maximum atomic E-state index is 12.5. The molecule has 6 nitrogen and oxygen atoms in total. The van der Waals surface area contributed by atoms with Crippen molar-refractivity contribution in [1.82, 2.24) is 20.2 Å². The molecule has 3 N–H and O–H groups in total. The summed E-state index contributed by atoms with van der Waals surface area (Å²) in [5, 5.41) is 9.98. The number of aromatic amines is 1. The molecule has 1 aliphatic carbocycles. The summed E-state index contributed by atoms with van der Waals surface area (Å²) in [6.07, 6.45) is 5.63. The number of sulfonamides is 1. The van der Waals surface area contributed by atoms with Crippen LogP contribution >= 0.6 is 0 Å². The molecular formula is C13H24N4O2S. The van der Waals surface area contributed by atoms with Crippen LogP contribution < -0.4 is 10.0 Å². The average Bonchev–Trinajstić information content (AvgIpc) is 3.01. The van der Waals surface area contributed by atoms with Crippen LogP contribution in [0.4, 0.5) is 0 Å². The fraction of sp³-hybridized carbons (Fsp3) is 0.769. The molecule has 7 heteroatoms. The molecule has 1 aliphatic rings. The second kappa shape index (κ2) is 5.83. The van der Waals surface area contributed by atoms with E-state index in [9.17, 15) is 8.42 Å². The van der Waals surface area contributed by atoms with E-state index in [0.29, 0.717) is 18.2 Å². The lowest BCUT2D eigenvalue weighted by atomic mass is 10.0. The van der Waals surface area contributed by atoms with E-state index in [4.69, 9.17) is 0 Å². The van der Waals surface area contributed by atoms with Crippen molar-refractivity contribution in [2.75, 3.05) is 0 Å². The van der Waals surface area contributed by atoms with Crippen LogP contribution in [0.25, 0.3) is 0 Å². The molecule has 0 aromatic carbocycles. The van der Waals surface area contributed by atoms with E-state index in [2.05, 4.69) is 20.2 Å². The molecule has 114 valence electrons. The van der Waals surface area contributed by atoms with Crippen LogP contribution in [0.3, 0.4) is 0 Å². The van der Waals surface area contributed by atoms with E-state index in [0.717, 1.165) is 12.8 Å². The highest BCUT2D eigenvalue weighted by Gasteiger charge is 2.29. The van der Waals surface area contributed by atoms with Crippen LogP contribution in [0.5, 0.6) is 0 Å². The number of nitrogens with one attached hydrogen (secondary N) is 3. The number of rotatable bonds is 8. The van der Waals surface area contributed by atoms with Gasteiger partial charge in [-0.05, 0) is 33.1 Å². The predicted octanol–water partition coefficient (Wildman–Crippen LogP) is 1.52. The van der Waals surface area contributed by atoms with E-state index in [1.807, 2.05) is 20.8 Å². The first-order valence-electron chi connectivity index (χ1n) is 7.14. The van der Waals surface area contributed by atoms with Gasteiger partial charge in [0.25, 0.3) is 10.0 Å². The molecule has 1 aromatic heterocycles. The molecule has 0 spiro atoms. The maximum Gasteiger partial charge on any atom is 0.258 e. The van der Waals surface area contributed by atoms with Crippen LogP contribution in [0.1, 0.15) is 52.0 Å². The summed E-state index contributed by atoms with van der Waals surface area (Å²) in [4.78, 5) is 0. The van der Waals surface area contributed by atoms with Crippen molar-refractivity contribution in [3.63, 3.8) is 0 Å². The zero-order valence-electron chi connectivity index (χ0n) is 12.4. The van der Waals surface area contributed by atoms with Gasteiger partial charge in [0.05, 0.1) is 6.20 Å². The van der Waals surface area contributed by atoms with E-state index >= 15 is 0 Å². The molecule has 20 heavy (non-hydrogen) atoms. The van der Waals surface area contributed by atoms with Crippen molar-refractivity contribution in [3.8, 4) is 0 Å². The smallest absolute Gasteiger partial charge is 0.258 e. The second-order valence-electron chi connectivity index (χ2n) is 6.12. The zero-order valence-corrected chi connectivity index (χ0v) is 13.2. The number of hydrogen-bond acceptors (Lipinski definition) is 4. The minimum absolute atomic E-state index is 0.176. The van der Waals surface area contributed by atoms with Crippen molar-refractivity contribution < 1.29 is 8.42 Å². The van der Waals surface area contributed by atoms with Crippen LogP contribution in [-0.2, 0) is 16.6 Å². The molecule has 1 heterocycles. The van der Waals surface area contributed by atoms with Gasteiger partial charge in [-0.15, -0.1) is 0 Å². The van der Waals surface area contributed by atoms with Gasteiger partial charge in [0.2, 0.25) is 0 Å². The van der Waals surface area contributed by atoms with Gasteiger partial charge < -0.3 is 5.32 Å². The minimum Gasteiger partial charge on any atom is -0.310 e. The van der Waals surface area contributed by atoms with Gasteiger partial charge >= 0.3 is 0 Å². The second-order valence-corrected chi connectivity index (χ2v) is 7.74. The largest absolute Gasteiger partial charge is 0.310 e. The lowest BCUT2D eigenvalue weighted by molar-refractivity contribution is 0.416. The highest BCUT2D eigenvalue weighted by Crippen LogP contribution is 2.21. The van der Waals surface area contributed by atoms with Crippen LogP contribution in [0.15, 0.2) is 11.2 Å². The Kier molecular flexibility index (Phi) is 4.51. The normalized spacial score (nSPS) is 16.6. The lowest BCUT2D eigenvalue weighted by Crippen LogP contribution is -2.43. The van der Waals surface area contributed by atoms with Gasteiger partial charge in [-0.25, -0.2) is 13.1 Å². The Bertz CT molecular complexity index is 546. The fourth-order valence-corrected chi connectivity index (χ4v) is 3.86. The van der Waals surface area contributed by atoms with E-state index in [1.54, 1.807) is 6.20 Å². The standard InChI is InChI=1S/C13H24N4O2S/c1-4-7-13(2,3)17-20(18,19)12-10(9-15-16-12)8-14-11-5-6-11/h9,11,14,17H,4-8H2,1-3H3,(H,15,16). The van der Waals surface area contributed by atoms with Crippen molar-refractivity contribution in [2.45, 2.75) is 69.6 Å². The first-order chi connectivity index (χ1) is 9.34. The van der Waals surface area contributed by atoms with Gasteiger partial charge in [0.15, 0.2) is 5.03 Å². The summed E-state index contributed by atoms with van der Waals surface area (Å²) in [7, 11) is -3.56. The number of aromatic nitrogens is 2. The van der Waals surface area contributed by atoms with Crippen molar-refractivity contribution in [2.24, 2.45) is 0 Å². The monoisotopic (exact) mass is 300 g/mol. The minimum atomic E-state index is -3.56. The quantitative estimate of drug-likeness (QED) is 0.679. The molecular weight excluding hydrogens is 276 g/mol. The maximum absolute atomic E-state index is 12.5. The molecule has 0 unspecified atom stereocenters. The van der Waals surface area contributed by atoms with E-state index < -0.39 is 15.6 Å². The summed E-state index contributed by atoms with van der Waals surface area (Å²) in [6.45, 7) is 6.36. The van der Waals surface area contributed by atoms with Gasteiger partial charge in [-0.3, -0.25) is 5.10 Å². The highest BCUT2D eigenvalue weighted by atomic mass is 32.2. The molecule has 0 aliphatic heterocycles. The van der Waals surface area contributed by atoms with Crippen LogP contribution in [0, 0.1) is 0 Å². The van der Waals surface area contributed by atoms with Gasteiger partial charge in [0.1, 0.15) is 0 Å². The zero-order chi connectivity index (χ0) is 14.8. The van der Waals surface area contributed by atoms with Crippen LogP contribution in [0.2, 0.25) is 0 Å². The predicted molar refractivity (Wildman–Crippen MR) is 77.8 cm³/mol. The van der Waals surface area contributed by atoms with E-state index in [-0.39, 0.29) is 5.03 Å². The molecule has 1 fully saturated rings. The van der Waals surface area contributed by atoms with Crippen molar-refractivity contribution >= 4 is 10.0 Å². The third kappa shape index (κ3) is 4.04. The number of nitrogens with zero attached hydrogens (tertiary/aromatic N) is 1. The first-order valence-corrected chi connectivity index (χ1v) is 8.62. The molecule has 1 aromatic rings. The average molecular weight is 300 g/mol. The topological polar surface area (TPSA) is 86.9 Å². The van der Waals surface area contributed by atoms with Crippen molar-refractivity contribution in [3.05, 3.63) is 11.8 Å². The highest BCUT2D eigenvalue weighted by molar-refractivity contribution is 7.89. The third-order valence-corrected chi connectivity index (χ3v) is 5.10. The van der Waals surface area contributed by atoms with Crippen molar-refractivity contribution in [1.29, 1.82) is 0 Å². The molecule has 1 saturated carbocycles. The summed E-state index contributed by atoms with van der Waals surface area (Å²) >= 11 is 0. The number of hydrogen-bond donors (Lipinski definition) is 3. The summed E-state index contributed by atoms with van der Waals surface area (Å²) in [6, 6.07) is 0.532. The summed E-state index contributed by atoms with van der Waals surface area (Å²) in [5.41, 5.74) is 0.233. The Morgan fingerprint density at radius 1 is 1.45 bits per heavy atom. The lowest BCUT2D eigenvalue weighted by Gasteiger charge is -2.25. The molecule has 0 bridgehead atoms. The molecule has 2 rings (SSSR count). The Balaban J connectivity index is 2.10. The molecule has 0 amide bonds. The molecule has 0 radical (unpaired) electrons. The fourth-order valence-electron chi connectivity index (χ4n) is 2.29.